The van der Waals surface area contributed by atoms with Gasteiger partial charge in [0, 0.05) is 17.2 Å². The number of hydrogen-bond donors (Lipinski definition) is 0. The van der Waals surface area contributed by atoms with E-state index in [1.54, 1.807) is 53.7 Å². The van der Waals surface area contributed by atoms with Gasteiger partial charge in [-0.3, -0.25) is 9.69 Å². The maximum atomic E-state index is 12.4. The summed E-state index contributed by atoms with van der Waals surface area (Å²) in [5.41, 5.74) is -0.679. The quantitative estimate of drug-likeness (QED) is 0.391. The summed E-state index contributed by atoms with van der Waals surface area (Å²) in [5.74, 6) is 0.110. The standard InChI is InChI=1S/C20H28N2O4S/c1-19(2,3)25-17(23)14-22(18(24)26-20(4,5)6)12-13-27-16-10-8-15(21-7)9-11-16/h8-11H,12-14H2,1-6H3. The molecule has 6 nitrogen and oxygen atoms in total. The molecule has 0 radical (unpaired) electrons. The van der Waals surface area contributed by atoms with Crippen LogP contribution in [-0.2, 0) is 14.3 Å². The van der Waals surface area contributed by atoms with Gasteiger partial charge in [0.15, 0.2) is 5.69 Å². The van der Waals surface area contributed by atoms with Crippen molar-refractivity contribution in [3.8, 4) is 0 Å². The Labute approximate surface area is 166 Å². The van der Waals surface area contributed by atoms with E-state index in [2.05, 4.69) is 4.85 Å². The largest absolute Gasteiger partial charge is 0.459 e. The average molecular weight is 393 g/mol. The second-order valence-corrected chi connectivity index (χ2v) is 9.11. The van der Waals surface area contributed by atoms with Gasteiger partial charge in [0.1, 0.15) is 17.7 Å². The number of amides is 1. The first-order chi connectivity index (χ1) is 12.4. The van der Waals surface area contributed by atoms with E-state index in [0.717, 1.165) is 4.90 Å². The summed E-state index contributed by atoms with van der Waals surface area (Å²) in [5, 5.41) is 0. The zero-order valence-electron chi connectivity index (χ0n) is 16.9. The Bertz CT molecular complexity index is 682. The lowest BCUT2D eigenvalue weighted by atomic mass is 10.2. The fraction of sp³-hybridized carbons (Fsp3) is 0.550. The molecule has 0 atom stereocenters. The summed E-state index contributed by atoms with van der Waals surface area (Å²) in [6.45, 7) is 17.8. The summed E-state index contributed by atoms with van der Waals surface area (Å²) in [7, 11) is 0. The number of carbonyl (C=O) groups excluding carboxylic acids is 2. The summed E-state index contributed by atoms with van der Waals surface area (Å²) in [4.78, 5) is 30.3. The van der Waals surface area contributed by atoms with Crippen LogP contribution in [0.4, 0.5) is 10.5 Å². The fourth-order valence-electron chi connectivity index (χ4n) is 1.98. The van der Waals surface area contributed by atoms with E-state index in [9.17, 15) is 9.59 Å². The predicted octanol–water partition coefficient (Wildman–Crippen LogP) is 4.91. The van der Waals surface area contributed by atoms with Crippen molar-refractivity contribution in [2.75, 3.05) is 18.8 Å². The van der Waals surface area contributed by atoms with Gasteiger partial charge in [-0.15, -0.1) is 11.8 Å². The smallest absolute Gasteiger partial charge is 0.410 e. The first kappa shape index (κ1) is 22.8. The van der Waals surface area contributed by atoms with E-state index in [1.807, 2.05) is 12.1 Å². The number of carbonyl (C=O) groups is 2. The van der Waals surface area contributed by atoms with E-state index < -0.39 is 23.3 Å². The van der Waals surface area contributed by atoms with Gasteiger partial charge in [-0.05, 0) is 41.5 Å². The molecule has 1 aromatic rings. The molecule has 0 spiro atoms. The van der Waals surface area contributed by atoms with Gasteiger partial charge in [-0.2, -0.15) is 0 Å². The van der Waals surface area contributed by atoms with Crippen LogP contribution < -0.4 is 0 Å². The third kappa shape index (κ3) is 9.90. The molecular weight excluding hydrogens is 364 g/mol. The van der Waals surface area contributed by atoms with Crippen molar-refractivity contribution in [1.82, 2.24) is 4.90 Å². The number of rotatable bonds is 6. The molecule has 0 aromatic heterocycles. The monoisotopic (exact) mass is 392 g/mol. The molecule has 0 aliphatic heterocycles. The average Bonchev–Trinajstić information content (AvgIpc) is 2.51. The Morgan fingerprint density at radius 2 is 1.59 bits per heavy atom. The van der Waals surface area contributed by atoms with Crippen LogP contribution in [0.5, 0.6) is 0 Å². The van der Waals surface area contributed by atoms with Crippen molar-refractivity contribution < 1.29 is 19.1 Å². The highest BCUT2D eigenvalue weighted by molar-refractivity contribution is 7.99. The normalized spacial score (nSPS) is 11.4. The van der Waals surface area contributed by atoms with E-state index in [1.165, 1.54) is 16.7 Å². The van der Waals surface area contributed by atoms with Crippen molar-refractivity contribution in [1.29, 1.82) is 0 Å². The molecule has 148 valence electrons. The number of thioether (sulfide) groups is 1. The van der Waals surface area contributed by atoms with Gasteiger partial charge in [0.05, 0.1) is 6.57 Å². The number of esters is 1. The van der Waals surface area contributed by atoms with E-state index in [4.69, 9.17) is 16.0 Å². The van der Waals surface area contributed by atoms with Gasteiger partial charge >= 0.3 is 12.1 Å². The Kier molecular flexibility index (Phi) is 8.17. The third-order valence-corrected chi connectivity index (χ3v) is 3.98. The summed E-state index contributed by atoms with van der Waals surface area (Å²) in [6.07, 6.45) is -0.544. The second kappa shape index (κ2) is 9.65. The van der Waals surface area contributed by atoms with Crippen molar-refractivity contribution in [3.63, 3.8) is 0 Å². The molecular formula is C20H28N2O4S. The minimum absolute atomic E-state index is 0.163. The predicted molar refractivity (Wildman–Crippen MR) is 107 cm³/mol. The molecule has 0 N–H and O–H groups in total. The molecule has 0 saturated carbocycles. The first-order valence-corrected chi connectivity index (χ1v) is 9.68. The van der Waals surface area contributed by atoms with Crippen LogP contribution in [0.3, 0.4) is 0 Å². The maximum absolute atomic E-state index is 12.4. The van der Waals surface area contributed by atoms with E-state index >= 15 is 0 Å². The molecule has 0 unspecified atom stereocenters. The van der Waals surface area contributed by atoms with Gasteiger partial charge in [-0.1, -0.05) is 24.3 Å². The zero-order valence-corrected chi connectivity index (χ0v) is 17.7. The lowest BCUT2D eigenvalue weighted by Gasteiger charge is -2.28. The van der Waals surface area contributed by atoms with Crippen molar-refractivity contribution in [2.24, 2.45) is 0 Å². The van der Waals surface area contributed by atoms with E-state index in [-0.39, 0.29) is 6.54 Å². The summed E-state index contributed by atoms with van der Waals surface area (Å²) >= 11 is 1.54. The second-order valence-electron chi connectivity index (χ2n) is 7.94. The molecule has 0 aliphatic carbocycles. The van der Waals surface area contributed by atoms with Crippen LogP contribution in [0.2, 0.25) is 0 Å². The molecule has 1 rings (SSSR count). The SMILES string of the molecule is [C-]#[N+]c1ccc(SCCN(CC(=O)OC(C)(C)C)C(=O)OC(C)(C)C)cc1. The lowest BCUT2D eigenvalue weighted by Crippen LogP contribution is -2.42. The molecule has 7 heteroatoms. The number of ether oxygens (including phenoxy) is 2. The molecule has 1 amide bonds. The highest BCUT2D eigenvalue weighted by Gasteiger charge is 2.26. The van der Waals surface area contributed by atoms with Gasteiger partial charge < -0.3 is 9.47 Å². The van der Waals surface area contributed by atoms with Gasteiger partial charge in [-0.25, -0.2) is 9.64 Å². The van der Waals surface area contributed by atoms with Crippen LogP contribution in [0, 0.1) is 6.57 Å². The maximum Gasteiger partial charge on any atom is 0.410 e. The Morgan fingerprint density at radius 3 is 2.07 bits per heavy atom. The molecule has 27 heavy (non-hydrogen) atoms. The van der Waals surface area contributed by atoms with Crippen LogP contribution in [0.1, 0.15) is 41.5 Å². The van der Waals surface area contributed by atoms with Gasteiger partial charge in [0.2, 0.25) is 0 Å². The third-order valence-electron chi connectivity index (χ3n) is 2.99. The van der Waals surface area contributed by atoms with Crippen LogP contribution in [0.25, 0.3) is 4.85 Å². The molecule has 0 aliphatic rings. The number of nitrogens with zero attached hydrogens (tertiary/aromatic N) is 2. The Balaban J connectivity index is 2.70. The molecule has 0 fully saturated rings. The van der Waals surface area contributed by atoms with Crippen molar-refractivity contribution in [3.05, 3.63) is 35.7 Å². The number of benzene rings is 1. The highest BCUT2D eigenvalue weighted by atomic mass is 32.2. The lowest BCUT2D eigenvalue weighted by molar-refractivity contribution is -0.155. The van der Waals surface area contributed by atoms with Crippen molar-refractivity contribution in [2.45, 2.75) is 57.6 Å². The van der Waals surface area contributed by atoms with Crippen LogP contribution >= 0.6 is 11.8 Å². The minimum atomic E-state index is -0.647. The molecule has 0 saturated heterocycles. The van der Waals surface area contributed by atoms with Gasteiger partial charge in [0.25, 0.3) is 0 Å². The van der Waals surface area contributed by atoms with Crippen molar-refractivity contribution >= 4 is 29.5 Å². The number of hydrogen-bond acceptors (Lipinski definition) is 5. The molecule has 0 heterocycles. The topological polar surface area (TPSA) is 60.2 Å². The zero-order chi connectivity index (χ0) is 20.7. The van der Waals surface area contributed by atoms with Crippen LogP contribution in [-0.4, -0.2) is 47.0 Å². The summed E-state index contributed by atoms with van der Waals surface area (Å²) in [6, 6.07) is 7.23. The minimum Gasteiger partial charge on any atom is -0.459 e. The molecule has 1 aromatic carbocycles. The van der Waals surface area contributed by atoms with E-state index in [0.29, 0.717) is 18.0 Å². The molecule has 0 bridgehead atoms. The Morgan fingerprint density at radius 1 is 1.04 bits per heavy atom. The highest BCUT2D eigenvalue weighted by Crippen LogP contribution is 2.22. The first-order valence-electron chi connectivity index (χ1n) is 8.70. The Hall–Kier alpha value is -2.20. The fourth-order valence-corrected chi connectivity index (χ4v) is 2.86. The van der Waals surface area contributed by atoms with Crippen LogP contribution in [0.15, 0.2) is 29.2 Å². The summed E-state index contributed by atoms with van der Waals surface area (Å²) < 4.78 is 10.7.